The number of hydrogen-bond acceptors (Lipinski definition) is 2. The van der Waals surface area contributed by atoms with Crippen LogP contribution in [-0.2, 0) is 0 Å². The summed E-state index contributed by atoms with van der Waals surface area (Å²) in [6, 6.07) is 9.71. The summed E-state index contributed by atoms with van der Waals surface area (Å²) in [5, 5.41) is 0. The summed E-state index contributed by atoms with van der Waals surface area (Å²) in [5.41, 5.74) is 9.63. The van der Waals surface area contributed by atoms with Crippen LogP contribution in [0.4, 0.5) is 8.78 Å². The Labute approximate surface area is 136 Å². The zero-order valence-electron chi connectivity index (χ0n) is 13.6. The van der Waals surface area contributed by atoms with Crippen molar-refractivity contribution in [2.24, 2.45) is 5.73 Å². The third-order valence-corrected chi connectivity index (χ3v) is 4.01. The Morgan fingerprint density at radius 2 is 1.87 bits per heavy atom. The van der Waals surface area contributed by atoms with E-state index in [1.54, 1.807) is 0 Å². The van der Waals surface area contributed by atoms with E-state index in [2.05, 4.69) is 32.0 Å². The minimum atomic E-state index is -0.671. The van der Waals surface area contributed by atoms with Crippen LogP contribution in [0.15, 0.2) is 36.4 Å². The average molecular weight is 319 g/mol. The summed E-state index contributed by atoms with van der Waals surface area (Å²) in [7, 11) is 0. The van der Waals surface area contributed by atoms with Gasteiger partial charge in [-0.1, -0.05) is 23.8 Å². The summed E-state index contributed by atoms with van der Waals surface area (Å²) in [6.07, 6.45) is 1.62. The lowest BCUT2D eigenvalue weighted by Crippen LogP contribution is -2.15. The predicted molar refractivity (Wildman–Crippen MR) is 88.8 cm³/mol. The molecule has 2 rings (SSSR count). The van der Waals surface area contributed by atoms with Gasteiger partial charge in [-0.25, -0.2) is 8.78 Å². The molecule has 0 radical (unpaired) electrons. The Morgan fingerprint density at radius 3 is 2.57 bits per heavy atom. The van der Waals surface area contributed by atoms with Crippen LogP contribution in [0.5, 0.6) is 5.75 Å². The molecule has 1 atom stereocenters. The summed E-state index contributed by atoms with van der Waals surface area (Å²) in [5.74, 6) is -0.929. The molecule has 0 saturated carbocycles. The maximum atomic E-state index is 13.5. The van der Waals surface area contributed by atoms with E-state index in [0.29, 0.717) is 13.2 Å². The third-order valence-electron chi connectivity index (χ3n) is 4.01. The van der Waals surface area contributed by atoms with Gasteiger partial charge >= 0.3 is 0 Å². The number of hydrogen-bond donors (Lipinski definition) is 1. The Bertz CT molecular complexity index is 658. The van der Waals surface area contributed by atoms with E-state index in [4.69, 9.17) is 10.5 Å². The van der Waals surface area contributed by atoms with Crippen molar-refractivity contribution in [1.82, 2.24) is 0 Å². The molecule has 0 saturated heterocycles. The van der Waals surface area contributed by atoms with Crippen LogP contribution >= 0.6 is 0 Å². The fraction of sp³-hybridized carbons (Fsp3) is 0.368. The van der Waals surface area contributed by atoms with E-state index < -0.39 is 11.6 Å². The molecule has 124 valence electrons. The fourth-order valence-corrected chi connectivity index (χ4v) is 2.70. The van der Waals surface area contributed by atoms with Crippen molar-refractivity contribution in [3.8, 4) is 5.75 Å². The first kappa shape index (κ1) is 17.4. The van der Waals surface area contributed by atoms with Crippen LogP contribution in [0.3, 0.4) is 0 Å². The molecule has 23 heavy (non-hydrogen) atoms. The largest absolute Gasteiger partial charge is 0.491 e. The predicted octanol–water partition coefficient (Wildman–Crippen LogP) is 4.48. The van der Waals surface area contributed by atoms with Gasteiger partial charge in [-0.2, -0.15) is 0 Å². The average Bonchev–Trinajstić information content (AvgIpc) is 2.52. The minimum Gasteiger partial charge on any atom is -0.491 e. The number of aryl methyl sites for hydroxylation is 2. The van der Waals surface area contributed by atoms with Gasteiger partial charge in [-0.15, -0.1) is 0 Å². The van der Waals surface area contributed by atoms with Crippen LogP contribution < -0.4 is 10.5 Å². The molecule has 0 spiro atoms. The lowest BCUT2D eigenvalue weighted by atomic mass is 9.90. The van der Waals surface area contributed by atoms with Gasteiger partial charge in [0.05, 0.1) is 6.61 Å². The Balaban J connectivity index is 1.90. The Kier molecular flexibility index (Phi) is 6.11. The van der Waals surface area contributed by atoms with Gasteiger partial charge in [0.1, 0.15) is 5.82 Å². The van der Waals surface area contributed by atoms with Gasteiger partial charge in [0.25, 0.3) is 0 Å². The molecule has 2 nitrogen and oxygen atoms in total. The molecule has 0 heterocycles. The van der Waals surface area contributed by atoms with Crippen molar-refractivity contribution in [3.05, 3.63) is 64.7 Å². The maximum absolute atomic E-state index is 13.5. The molecule has 0 amide bonds. The van der Waals surface area contributed by atoms with Crippen LogP contribution in [0, 0.1) is 25.5 Å². The van der Waals surface area contributed by atoms with Gasteiger partial charge in [0.15, 0.2) is 11.6 Å². The molecule has 2 aromatic rings. The van der Waals surface area contributed by atoms with Crippen molar-refractivity contribution in [3.63, 3.8) is 0 Å². The van der Waals surface area contributed by atoms with Crippen molar-refractivity contribution in [2.75, 3.05) is 13.2 Å². The number of benzene rings is 2. The Morgan fingerprint density at radius 1 is 1.09 bits per heavy atom. The van der Waals surface area contributed by atoms with Crippen molar-refractivity contribution in [1.29, 1.82) is 0 Å². The van der Waals surface area contributed by atoms with Crippen LogP contribution in [-0.4, -0.2) is 13.2 Å². The summed E-state index contributed by atoms with van der Waals surface area (Å²) in [6.45, 7) is 5.10. The second kappa shape index (κ2) is 8.06. The van der Waals surface area contributed by atoms with E-state index in [-0.39, 0.29) is 11.7 Å². The number of rotatable bonds is 7. The van der Waals surface area contributed by atoms with E-state index in [0.717, 1.165) is 18.9 Å². The normalized spacial score (nSPS) is 12.2. The molecule has 1 unspecified atom stereocenters. The highest BCUT2D eigenvalue weighted by molar-refractivity contribution is 5.33. The highest BCUT2D eigenvalue weighted by Crippen LogP contribution is 2.25. The third kappa shape index (κ3) is 4.76. The molecule has 0 bridgehead atoms. The molecular formula is C19H23F2NO. The van der Waals surface area contributed by atoms with Gasteiger partial charge in [0, 0.05) is 6.07 Å². The van der Waals surface area contributed by atoms with E-state index in [1.165, 1.54) is 28.8 Å². The van der Waals surface area contributed by atoms with Gasteiger partial charge in [0.2, 0.25) is 0 Å². The van der Waals surface area contributed by atoms with Crippen molar-refractivity contribution >= 4 is 0 Å². The highest BCUT2D eigenvalue weighted by Gasteiger charge is 2.13. The fourth-order valence-electron chi connectivity index (χ4n) is 2.70. The standard InChI is InChI=1S/C19H23F2NO/c1-13-5-6-14(2)17(10-13)15(12-22)4-3-9-23-19-8-7-16(20)11-18(19)21/h5-8,10-11,15H,3-4,9,12,22H2,1-2H3. The van der Waals surface area contributed by atoms with Gasteiger partial charge in [-0.3, -0.25) is 0 Å². The van der Waals surface area contributed by atoms with Gasteiger partial charge in [-0.05, 0) is 62.4 Å². The molecule has 0 aliphatic rings. The van der Waals surface area contributed by atoms with E-state index in [1.807, 2.05) is 0 Å². The topological polar surface area (TPSA) is 35.2 Å². The van der Waals surface area contributed by atoms with Crippen LogP contribution in [0.25, 0.3) is 0 Å². The lowest BCUT2D eigenvalue weighted by Gasteiger charge is -2.18. The first-order valence-electron chi connectivity index (χ1n) is 7.86. The smallest absolute Gasteiger partial charge is 0.167 e. The zero-order chi connectivity index (χ0) is 16.8. The molecule has 0 aromatic heterocycles. The zero-order valence-corrected chi connectivity index (χ0v) is 13.6. The second-order valence-corrected chi connectivity index (χ2v) is 5.86. The van der Waals surface area contributed by atoms with Crippen molar-refractivity contribution in [2.45, 2.75) is 32.6 Å². The highest BCUT2D eigenvalue weighted by atomic mass is 19.1. The first-order valence-corrected chi connectivity index (χ1v) is 7.86. The van der Waals surface area contributed by atoms with Crippen molar-refractivity contribution < 1.29 is 13.5 Å². The molecular weight excluding hydrogens is 296 g/mol. The number of nitrogens with two attached hydrogens (primary N) is 1. The molecule has 0 aliphatic heterocycles. The number of ether oxygens (including phenoxy) is 1. The summed E-state index contributed by atoms with van der Waals surface area (Å²) < 4.78 is 31.7. The molecule has 0 aliphatic carbocycles. The molecule has 4 heteroatoms. The second-order valence-electron chi connectivity index (χ2n) is 5.86. The van der Waals surface area contributed by atoms with Gasteiger partial charge < -0.3 is 10.5 Å². The minimum absolute atomic E-state index is 0.0856. The maximum Gasteiger partial charge on any atom is 0.167 e. The number of halogens is 2. The Hall–Kier alpha value is -1.94. The van der Waals surface area contributed by atoms with Crippen LogP contribution in [0.2, 0.25) is 0 Å². The van der Waals surface area contributed by atoms with E-state index in [9.17, 15) is 8.78 Å². The van der Waals surface area contributed by atoms with Crippen LogP contribution in [0.1, 0.15) is 35.4 Å². The first-order chi connectivity index (χ1) is 11.0. The summed E-state index contributed by atoms with van der Waals surface area (Å²) >= 11 is 0. The monoisotopic (exact) mass is 319 g/mol. The van der Waals surface area contributed by atoms with E-state index >= 15 is 0 Å². The summed E-state index contributed by atoms with van der Waals surface area (Å²) in [4.78, 5) is 0. The lowest BCUT2D eigenvalue weighted by molar-refractivity contribution is 0.287. The molecule has 2 aromatic carbocycles. The molecule has 0 fully saturated rings. The quantitative estimate of drug-likeness (QED) is 0.764. The molecule has 2 N–H and O–H groups in total. The SMILES string of the molecule is Cc1ccc(C)c(C(CN)CCCOc2ccc(F)cc2F)c1.